The smallest absolute Gasteiger partial charge is 0.326 e. The van der Waals surface area contributed by atoms with Crippen molar-refractivity contribution in [1.82, 2.24) is 16.0 Å². The minimum atomic E-state index is -1.18. The second kappa shape index (κ2) is 11.9. The van der Waals surface area contributed by atoms with Crippen molar-refractivity contribution >= 4 is 29.7 Å². The van der Waals surface area contributed by atoms with Gasteiger partial charge in [0.1, 0.15) is 12.1 Å². The number of carbonyl (C=O) groups is 5. The standard InChI is InChI=1S/C17H30N4O7/c1-8(2)13(21-15(25)10(18)5-6-12(23)24)16(26)19-7-11(22)20-14(9(3)4)17(27)28/h8-10,13-14H,5-7,18H2,1-4H3,(H,19,26)(H,20,22)(H,21,25)(H,23,24)(H,27,28). The zero-order chi connectivity index (χ0) is 22.0. The molecule has 0 fully saturated rings. The van der Waals surface area contributed by atoms with Crippen LogP contribution in [-0.4, -0.2) is 64.5 Å². The van der Waals surface area contributed by atoms with Gasteiger partial charge in [-0.2, -0.15) is 0 Å². The van der Waals surface area contributed by atoms with Gasteiger partial charge in [-0.3, -0.25) is 19.2 Å². The number of carboxylic acid groups (broad SMARTS) is 2. The molecule has 0 aliphatic rings. The first-order chi connectivity index (χ1) is 12.9. The number of nitrogens with two attached hydrogens (primary N) is 1. The second-order valence-electron chi connectivity index (χ2n) is 7.11. The van der Waals surface area contributed by atoms with Crippen LogP contribution in [0.5, 0.6) is 0 Å². The van der Waals surface area contributed by atoms with E-state index < -0.39 is 54.3 Å². The van der Waals surface area contributed by atoms with Crippen LogP contribution in [0.25, 0.3) is 0 Å². The van der Waals surface area contributed by atoms with E-state index in [0.717, 1.165) is 0 Å². The molecule has 3 amide bonds. The molecule has 160 valence electrons. The van der Waals surface area contributed by atoms with E-state index in [4.69, 9.17) is 15.9 Å². The highest BCUT2D eigenvalue weighted by atomic mass is 16.4. The van der Waals surface area contributed by atoms with Crippen molar-refractivity contribution in [2.24, 2.45) is 17.6 Å². The van der Waals surface area contributed by atoms with Crippen LogP contribution in [0, 0.1) is 11.8 Å². The third-order valence-corrected chi connectivity index (χ3v) is 3.93. The van der Waals surface area contributed by atoms with Gasteiger partial charge in [0, 0.05) is 6.42 Å². The maximum Gasteiger partial charge on any atom is 0.326 e. The molecule has 11 nitrogen and oxygen atoms in total. The van der Waals surface area contributed by atoms with E-state index in [2.05, 4.69) is 16.0 Å². The third-order valence-electron chi connectivity index (χ3n) is 3.93. The summed E-state index contributed by atoms with van der Waals surface area (Å²) >= 11 is 0. The van der Waals surface area contributed by atoms with Crippen molar-refractivity contribution in [3.05, 3.63) is 0 Å². The van der Waals surface area contributed by atoms with Crippen molar-refractivity contribution in [1.29, 1.82) is 0 Å². The molecule has 11 heteroatoms. The first-order valence-electron chi connectivity index (χ1n) is 8.94. The minimum absolute atomic E-state index is 0.0816. The van der Waals surface area contributed by atoms with Gasteiger partial charge in [-0.25, -0.2) is 4.79 Å². The van der Waals surface area contributed by atoms with Gasteiger partial charge < -0.3 is 31.9 Å². The summed E-state index contributed by atoms with van der Waals surface area (Å²) in [5.41, 5.74) is 5.62. The molecule has 0 aromatic heterocycles. The quantitative estimate of drug-likeness (QED) is 0.231. The molecule has 3 unspecified atom stereocenters. The Hall–Kier alpha value is -2.69. The minimum Gasteiger partial charge on any atom is -0.481 e. The van der Waals surface area contributed by atoms with Gasteiger partial charge in [0.05, 0.1) is 12.6 Å². The highest BCUT2D eigenvalue weighted by Crippen LogP contribution is 2.04. The lowest BCUT2D eigenvalue weighted by Gasteiger charge is -2.23. The van der Waals surface area contributed by atoms with E-state index in [1.807, 2.05) is 0 Å². The SMILES string of the molecule is CC(C)C(NC(=O)CNC(=O)C(NC(=O)C(N)CCC(=O)O)C(C)C)C(=O)O. The third kappa shape index (κ3) is 9.31. The molecule has 28 heavy (non-hydrogen) atoms. The van der Waals surface area contributed by atoms with Crippen molar-refractivity contribution in [3.63, 3.8) is 0 Å². The molecule has 0 bridgehead atoms. The van der Waals surface area contributed by atoms with Crippen molar-refractivity contribution in [3.8, 4) is 0 Å². The van der Waals surface area contributed by atoms with Gasteiger partial charge in [-0.15, -0.1) is 0 Å². The fraction of sp³-hybridized carbons (Fsp3) is 0.706. The molecule has 0 radical (unpaired) electrons. The van der Waals surface area contributed by atoms with Gasteiger partial charge in [0.2, 0.25) is 17.7 Å². The summed E-state index contributed by atoms with van der Waals surface area (Å²) in [5.74, 6) is -4.94. The Morgan fingerprint density at radius 2 is 1.39 bits per heavy atom. The van der Waals surface area contributed by atoms with Gasteiger partial charge in [-0.1, -0.05) is 27.7 Å². The molecule has 0 saturated heterocycles. The molecule has 7 N–H and O–H groups in total. The topological polar surface area (TPSA) is 188 Å². The molecule has 0 aliphatic carbocycles. The summed E-state index contributed by atoms with van der Waals surface area (Å²) in [4.78, 5) is 57.9. The summed E-state index contributed by atoms with van der Waals surface area (Å²) in [6.45, 7) is 6.16. The number of carboxylic acids is 2. The van der Waals surface area contributed by atoms with E-state index in [1.165, 1.54) is 0 Å². The lowest BCUT2D eigenvalue weighted by molar-refractivity contribution is -0.143. The number of hydrogen-bond acceptors (Lipinski definition) is 6. The summed E-state index contributed by atoms with van der Waals surface area (Å²) < 4.78 is 0. The van der Waals surface area contributed by atoms with Gasteiger partial charge >= 0.3 is 11.9 Å². The average Bonchev–Trinajstić information content (AvgIpc) is 2.58. The molecule has 3 atom stereocenters. The van der Waals surface area contributed by atoms with Gasteiger partial charge in [0.25, 0.3) is 0 Å². The highest BCUT2D eigenvalue weighted by molar-refractivity contribution is 5.92. The first-order valence-corrected chi connectivity index (χ1v) is 8.94. The van der Waals surface area contributed by atoms with Gasteiger partial charge in [0.15, 0.2) is 0 Å². The molecule has 0 aromatic carbocycles. The van der Waals surface area contributed by atoms with Crippen LogP contribution in [-0.2, 0) is 24.0 Å². The average molecular weight is 402 g/mol. The number of hydrogen-bond donors (Lipinski definition) is 6. The molecular weight excluding hydrogens is 372 g/mol. The summed E-state index contributed by atoms with van der Waals surface area (Å²) in [6, 6.07) is -3.16. The van der Waals surface area contributed by atoms with Crippen LogP contribution in [0.15, 0.2) is 0 Å². The lowest BCUT2D eigenvalue weighted by atomic mass is 10.0. The molecule has 0 saturated carbocycles. The fourth-order valence-electron chi connectivity index (χ4n) is 2.22. The van der Waals surface area contributed by atoms with E-state index in [0.29, 0.717) is 0 Å². The maximum atomic E-state index is 12.3. The van der Waals surface area contributed by atoms with Crippen molar-refractivity contribution in [2.75, 3.05) is 6.54 Å². The Morgan fingerprint density at radius 1 is 0.857 bits per heavy atom. The number of aliphatic carboxylic acids is 2. The monoisotopic (exact) mass is 402 g/mol. The predicted octanol–water partition coefficient (Wildman–Crippen LogP) is -1.34. The van der Waals surface area contributed by atoms with E-state index >= 15 is 0 Å². The molecule has 0 aliphatic heterocycles. The summed E-state index contributed by atoms with van der Waals surface area (Å²) in [5, 5.41) is 24.8. The fourth-order valence-corrected chi connectivity index (χ4v) is 2.22. The van der Waals surface area contributed by atoms with E-state index in [9.17, 15) is 24.0 Å². The Morgan fingerprint density at radius 3 is 1.82 bits per heavy atom. The Balaban J connectivity index is 4.74. The zero-order valence-corrected chi connectivity index (χ0v) is 16.5. The normalized spacial score (nSPS) is 14.1. The van der Waals surface area contributed by atoms with Gasteiger partial charge in [-0.05, 0) is 18.3 Å². The molecule has 0 heterocycles. The van der Waals surface area contributed by atoms with Crippen LogP contribution >= 0.6 is 0 Å². The molecule has 0 aromatic rings. The number of carbonyl (C=O) groups excluding carboxylic acids is 3. The zero-order valence-electron chi connectivity index (χ0n) is 16.5. The lowest BCUT2D eigenvalue weighted by Crippen LogP contribution is -2.55. The highest BCUT2D eigenvalue weighted by Gasteiger charge is 2.28. The molecule has 0 spiro atoms. The number of amides is 3. The van der Waals surface area contributed by atoms with E-state index in [1.54, 1.807) is 27.7 Å². The Labute approximate surface area is 163 Å². The molecular formula is C17H30N4O7. The van der Waals surface area contributed by atoms with Crippen molar-refractivity contribution in [2.45, 2.75) is 58.7 Å². The van der Waals surface area contributed by atoms with Crippen molar-refractivity contribution < 1.29 is 34.2 Å². The van der Waals surface area contributed by atoms with Crippen LogP contribution in [0.2, 0.25) is 0 Å². The van der Waals surface area contributed by atoms with E-state index in [-0.39, 0.29) is 24.7 Å². The summed E-state index contributed by atoms with van der Waals surface area (Å²) in [6.07, 6.45) is -0.365. The molecule has 0 rings (SSSR count). The number of nitrogens with one attached hydrogen (secondary N) is 3. The van der Waals surface area contributed by atoms with Crippen LogP contribution in [0.4, 0.5) is 0 Å². The Kier molecular flexibility index (Phi) is 10.8. The largest absolute Gasteiger partial charge is 0.481 e. The van der Waals surface area contributed by atoms with Crippen LogP contribution in [0.1, 0.15) is 40.5 Å². The Bertz CT molecular complexity index is 592. The summed E-state index contributed by atoms with van der Waals surface area (Å²) in [7, 11) is 0. The predicted molar refractivity (Wildman–Crippen MR) is 99.0 cm³/mol. The second-order valence-corrected chi connectivity index (χ2v) is 7.11. The first kappa shape index (κ1) is 25.3. The number of rotatable bonds is 12. The maximum absolute atomic E-state index is 12.3. The van der Waals surface area contributed by atoms with Crippen LogP contribution < -0.4 is 21.7 Å². The van der Waals surface area contributed by atoms with Crippen LogP contribution in [0.3, 0.4) is 0 Å².